The lowest BCUT2D eigenvalue weighted by atomic mass is 10.2. The highest BCUT2D eigenvalue weighted by Crippen LogP contribution is 2.24. The molecule has 6 nitrogen and oxygen atoms in total. The molecule has 0 aliphatic carbocycles. The summed E-state index contributed by atoms with van der Waals surface area (Å²) < 4.78 is 13.6. The zero-order valence-corrected chi connectivity index (χ0v) is 13.9. The molecule has 25 heavy (non-hydrogen) atoms. The minimum atomic E-state index is -0.470. The maximum atomic E-state index is 13.6. The Kier molecular flexibility index (Phi) is 4.80. The van der Waals surface area contributed by atoms with Crippen LogP contribution in [0.3, 0.4) is 0 Å². The molecular weight excluding hydrogens is 343 g/mol. The number of nitrogens with one attached hydrogen (secondary N) is 2. The quantitative estimate of drug-likeness (QED) is 0.749. The molecule has 0 fully saturated rings. The van der Waals surface area contributed by atoms with Crippen molar-refractivity contribution in [2.75, 3.05) is 10.6 Å². The molecule has 0 saturated heterocycles. The Bertz CT molecular complexity index is 927. The molecule has 0 aliphatic rings. The number of thiophene rings is 1. The van der Waals surface area contributed by atoms with Gasteiger partial charge in [0.1, 0.15) is 16.4 Å². The van der Waals surface area contributed by atoms with Crippen LogP contribution in [0.15, 0.2) is 48.2 Å². The summed E-state index contributed by atoms with van der Waals surface area (Å²) in [5.41, 5.74) is 1.32. The van der Waals surface area contributed by atoms with Gasteiger partial charge in [0.15, 0.2) is 0 Å². The topological polar surface area (TPSA) is 84.0 Å². The molecule has 0 unspecified atom stereocenters. The molecule has 0 bridgehead atoms. The fourth-order valence-electron chi connectivity index (χ4n) is 2.04. The fraction of sp³-hybridized carbons (Fsp3) is 0.0588. The number of amides is 2. The zero-order chi connectivity index (χ0) is 17.8. The van der Waals surface area contributed by atoms with E-state index in [9.17, 15) is 14.0 Å². The van der Waals surface area contributed by atoms with Crippen molar-refractivity contribution in [3.05, 3.63) is 70.2 Å². The van der Waals surface area contributed by atoms with Crippen LogP contribution < -0.4 is 10.6 Å². The lowest BCUT2D eigenvalue weighted by Crippen LogP contribution is -2.17. The number of aryl methyl sites for hydroxylation is 1. The Morgan fingerprint density at radius 2 is 1.96 bits per heavy atom. The lowest BCUT2D eigenvalue weighted by molar-refractivity contribution is 0.102. The van der Waals surface area contributed by atoms with Crippen LogP contribution in [0.25, 0.3) is 0 Å². The van der Waals surface area contributed by atoms with Crippen molar-refractivity contribution in [2.24, 2.45) is 0 Å². The first-order chi connectivity index (χ1) is 12.0. The maximum Gasteiger partial charge on any atom is 0.275 e. The Balaban J connectivity index is 1.75. The number of halogens is 1. The summed E-state index contributed by atoms with van der Waals surface area (Å²) >= 11 is 1.16. The number of hydrogen-bond acceptors (Lipinski definition) is 5. The third-order valence-electron chi connectivity index (χ3n) is 3.35. The van der Waals surface area contributed by atoms with E-state index in [-0.39, 0.29) is 5.69 Å². The highest BCUT2D eigenvalue weighted by molar-refractivity contribution is 7.12. The second-order valence-corrected chi connectivity index (χ2v) is 6.04. The second kappa shape index (κ2) is 7.18. The van der Waals surface area contributed by atoms with E-state index in [1.54, 1.807) is 30.5 Å². The molecule has 0 saturated carbocycles. The van der Waals surface area contributed by atoms with Gasteiger partial charge in [0, 0.05) is 18.1 Å². The summed E-state index contributed by atoms with van der Waals surface area (Å²) in [5.74, 6) is -1.31. The third-order valence-corrected chi connectivity index (χ3v) is 4.26. The van der Waals surface area contributed by atoms with Crippen LogP contribution in [0.2, 0.25) is 0 Å². The number of carbonyl (C=O) groups is 2. The van der Waals surface area contributed by atoms with Crippen molar-refractivity contribution >= 4 is 34.5 Å². The van der Waals surface area contributed by atoms with E-state index in [4.69, 9.17) is 0 Å². The number of nitrogens with zero attached hydrogens (tertiary/aromatic N) is 2. The molecule has 2 N–H and O–H groups in total. The molecule has 2 aromatic heterocycles. The van der Waals surface area contributed by atoms with Crippen LogP contribution >= 0.6 is 11.3 Å². The van der Waals surface area contributed by atoms with E-state index in [0.29, 0.717) is 21.8 Å². The first-order valence-electron chi connectivity index (χ1n) is 7.27. The highest BCUT2D eigenvalue weighted by atomic mass is 32.1. The molecule has 0 spiro atoms. The monoisotopic (exact) mass is 356 g/mol. The van der Waals surface area contributed by atoms with Crippen LogP contribution in [0.1, 0.15) is 25.7 Å². The van der Waals surface area contributed by atoms with Gasteiger partial charge in [-0.15, -0.1) is 11.3 Å². The van der Waals surface area contributed by atoms with Crippen molar-refractivity contribution < 1.29 is 14.0 Å². The van der Waals surface area contributed by atoms with Gasteiger partial charge in [0.05, 0.1) is 11.9 Å². The van der Waals surface area contributed by atoms with Crippen molar-refractivity contribution in [3.8, 4) is 0 Å². The largest absolute Gasteiger partial charge is 0.321 e. The standard InChI is InChI=1S/C17H13FN4O2S/c1-10-2-3-11(8-12(10)18)21-17(24)15-13(4-7-25-15)22-16(23)14-9-19-5-6-20-14/h2-9H,1H3,(H,21,24)(H,22,23). The zero-order valence-electron chi connectivity index (χ0n) is 13.1. The summed E-state index contributed by atoms with van der Waals surface area (Å²) in [6, 6.07) is 6.06. The van der Waals surface area contributed by atoms with Gasteiger partial charge in [-0.2, -0.15) is 0 Å². The van der Waals surface area contributed by atoms with Crippen molar-refractivity contribution in [2.45, 2.75) is 6.92 Å². The van der Waals surface area contributed by atoms with Crippen LogP contribution in [0.4, 0.5) is 15.8 Å². The number of anilines is 2. The first kappa shape index (κ1) is 16.7. The summed E-state index contributed by atoms with van der Waals surface area (Å²) in [5, 5.41) is 6.92. The maximum absolute atomic E-state index is 13.6. The molecule has 3 rings (SSSR count). The minimum Gasteiger partial charge on any atom is -0.321 e. The number of hydrogen-bond donors (Lipinski definition) is 2. The molecule has 0 atom stereocenters. The van der Waals surface area contributed by atoms with Gasteiger partial charge < -0.3 is 10.6 Å². The summed E-state index contributed by atoms with van der Waals surface area (Å²) in [6.07, 6.45) is 4.19. The predicted molar refractivity (Wildman–Crippen MR) is 93.4 cm³/mol. The van der Waals surface area contributed by atoms with Gasteiger partial charge in [0.2, 0.25) is 0 Å². The molecule has 2 amide bonds. The van der Waals surface area contributed by atoms with Gasteiger partial charge in [-0.05, 0) is 36.1 Å². The molecule has 0 radical (unpaired) electrons. The Morgan fingerprint density at radius 3 is 2.68 bits per heavy atom. The van der Waals surface area contributed by atoms with Crippen LogP contribution in [0, 0.1) is 12.7 Å². The van der Waals surface area contributed by atoms with E-state index >= 15 is 0 Å². The molecule has 3 aromatic rings. The third kappa shape index (κ3) is 3.86. The van der Waals surface area contributed by atoms with Gasteiger partial charge in [-0.1, -0.05) is 6.07 Å². The van der Waals surface area contributed by atoms with E-state index < -0.39 is 17.6 Å². The molecule has 2 heterocycles. The van der Waals surface area contributed by atoms with Gasteiger partial charge in [0.25, 0.3) is 11.8 Å². The smallest absolute Gasteiger partial charge is 0.275 e. The molecule has 126 valence electrons. The molecule has 0 aliphatic heterocycles. The average Bonchev–Trinajstić information content (AvgIpc) is 3.07. The van der Waals surface area contributed by atoms with E-state index in [0.717, 1.165) is 11.3 Å². The van der Waals surface area contributed by atoms with Gasteiger partial charge in [-0.25, -0.2) is 9.37 Å². The SMILES string of the molecule is Cc1ccc(NC(=O)c2sccc2NC(=O)c2cnccn2)cc1F. The Labute approximate surface area is 146 Å². The summed E-state index contributed by atoms with van der Waals surface area (Å²) in [7, 11) is 0. The van der Waals surface area contributed by atoms with Crippen molar-refractivity contribution in [1.29, 1.82) is 0 Å². The first-order valence-corrected chi connectivity index (χ1v) is 8.15. The van der Waals surface area contributed by atoms with Crippen LogP contribution in [-0.2, 0) is 0 Å². The number of carbonyl (C=O) groups excluding carboxylic acids is 2. The second-order valence-electron chi connectivity index (χ2n) is 5.13. The Morgan fingerprint density at radius 1 is 1.12 bits per heavy atom. The van der Waals surface area contributed by atoms with E-state index in [1.807, 2.05) is 0 Å². The molecule has 8 heteroatoms. The average molecular weight is 356 g/mol. The fourth-order valence-corrected chi connectivity index (χ4v) is 2.79. The Hall–Kier alpha value is -3.13. The number of aromatic nitrogens is 2. The summed E-state index contributed by atoms with van der Waals surface area (Å²) in [4.78, 5) is 32.6. The van der Waals surface area contributed by atoms with Gasteiger partial charge >= 0.3 is 0 Å². The van der Waals surface area contributed by atoms with Crippen molar-refractivity contribution in [3.63, 3.8) is 0 Å². The lowest BCUT2D eigenvalue weighted by Gasteiger charge is -2.08. The predicted octanol–water partition coefficient (Wildman–Crippen LogP) is 3.49. The van der Waals surface area contributed by atoms with Crippen molar-refractivity contribution in [1.82, 2.24) is 9.97 Å². The van der Waals surface area contributed by atoms with Gasteiger partial charge in [-0.3, -0.25) is 14.6 Å². The van der Waals surface area contributed by atoms with E-state index in [2.05, 4.69) is 20.6 Å². The minimum absolute atomic E-state index is 0.140. The van der Waals surface area contributed by atoms with Crippen LogP contribution in [0.5, 0.6) is 0 Å². The van der Waals surface area contributed by atoms with Crippen LogP contribution in [-0.4, -0.2) is 21.8 Å². The summed E-state index contributed by atoms with van der Waals surface area (Å²) in [6.45, 7) is 1.64. The van der Waals surface area contributed by atoms with E-state index in [1.165, 1.54) is 24.7 Å². The molecular formula is C17H13FN4O2S. The molecule has 1 aromatic carbocycles. The number of rotatable bonds is 4. The number of benzene rings is 1. The highest BCUT2D eigenvalue weighted by Gasteiger charge is 2.17. The normalized spacial score (nSPS) is 10.3.